The maximum absolute atomic E-state index is 3.84. The summed E-state index contributed by atoms with van der Waals surface area (Å²) in [6.07, 6.45) is 5.60. The molecule has 1 rings (SSSR count). The summed E-state index contributed by atoms with van der Waals surface area (Å²) in [4.78, 5) is 0. The zero-order valence-electron chi connectivity index (χ0n) is 7.06. The Morgan fingerprint density at radius 2 is 1.50 bits per heavy atom. The molecule has 0 saturated heterocycles. The fraction of sp³-hybridized carbons (Fsp3) is 1.00. The first kappa shape index (κ1) is 8.31. The fourth-order valence-electron chi connectivity index (χ4n) is 2.09. The molecule has 0 nitrogen and oxygen atoms in total. The highest BCUT2D eigenvalue weighted by Gasteiger charge is 2.29. The molecular weight excluding hydrogens is 136 g/mol. The average Bonchev–Trinajstić information content (AvgIpc) is 2.30. The van der Waals surface area contributed by atoms with Gasteiger partial charge in [0.25, 0.3) is 0 Å². The summed E-state index contributed by atoms with van der Waals surface area (Å²) in [5.74, 6) is 1.92. The predicted octanol–water partition coefficient (Wildman–Crippen LogP) is 2.79. The molecule has 1 saturated carbocycles. The van der Waals surface area contributed by atoms with Crippen LogP contribution in [-0.4, -0.2) is 10.2 Å². The lowest BCUT2D eigenvalue weighted by atomic mass is 10.00. The lowest BCUT2D eigenvalue weighted by Crippen LogP contribution is -2.06. The minimum atomic E-state index is 0.815. The maximum atomic E-state index is 3.84. The van der Waals surface area contributed by atoms with Crippen molar-refractivity contribution in [1.82, 2.24) is 0 Å². The van der Waals surface area contributed by atoms with Crippen LogP contribution < -0.4 is 0 Å². The van der Waals surface area contributed by atoms with Crippen molar-refractivity contribution in [1.29, 1.82) is 0 Å². The van der Waals surface area contributed by atoms with Crippen LogP contribution in [-0.2, 0) is 0 Å². The van der Waals surface area contributed by atoms with E-state index < -0.39 is 0 Å². The van der Waals surface area contributed by atoms with Gasteiger partial charge in [0.05, 0.1) is 0 Å². The molecule has 0 spiro atoms. The summed E-state index contributed by atoms with van der Waals surface area (Å²) in [7, 11) is 3.84. The second kappa shape index (κ2) is 3.56. The van der Waals surface area contributed by atoms with Gasteiger partial charge in [-0.05, 0) is 17.4 Å². The molecule has 57 valence electrons. The van der Waals surface area contributed by atoms with Crippen LogP contribution in [0.1, 0.15) is 39.5 Å². The monoisotopic (exact) mass is 153 g/mol. The Morgan fingerprint density at radius 3 is 1.70 bits per heavy atom. The van der Waals surface area contributed by atoms with Crippen molar-refractivity contribution < 1.29 is 0 Å². The minimum absolute atomic E-state index is 0.815. The van der Waals surface area contributed by atoms with Gasteiger partial charge in [-0.25, -0.2) is 0 Å². The van der Waals surface area contributed by atoms with Crippen molar-refractivity contribution in [3.63, 3.8) is 0 Å². The van der Waals surface area contributed by atoms with Crippen LogP contribution in [0.3, 0.4) is 0 Å². The summed E-state index contributed by atoms with van der Waals surface area (Å²) >= 11 is 0. The Hall–Kier alpha value is 0.217. The first-order valence-electron chi connectivity index (χ1n) is 4.50. The molecule has 0 N–H and O–H groups in total. The molecule has 2 atom stereocenters. The summed E-state index contributed by atoms with van der Waals surface area (Å²) < 4.78 is 0. The maximum Gasteiger partial charge on any atom is 0.0273 e. The standard InChI is InChI=1S/C9H17Si/c1-3-7-5-6-8(4-2)9(7)10/h7-9H,3-6H2,1-2H3. The molecule has 0 aromatic heterocycles. The smallest absolute Gasteiger partial charge is 0.0273 e. The highest BCUT2D eigenvalue weighted by molar-refractivity contribution is 6.12. The number of rotatable bonds is 2. The van der Waals surface area contributed by atoms with Crippen molar-refractivity contribution >= 4 is 10.2 Å². The van der Waals surface area contributed by atoms with E-state index >= 15 is 0 Å². The second-order valence-corrected chi connectivity index (χ2v) is 4.11. The van der Waals surface area contributed by atoms with E-state index in [-0.39, 0.29) is 0 Å². The summed E-state index contributed by atoms with van der Waals surface area (Å²) in [6, 6.07) is 0. The molecule has 0 bridgehead atoms. The van der Waals surface area contributed by atoms with Crippen molar-refractivity contribution in [2.75, 3.05) is 0 Å². The van der Waals surface area contributed by atoms with Crippen LogP contribution in [0.15, 0.2) is 0 Å². The van der Waals surface area contributed by atoms with Crippen LogP contribution in [0.25, 0.3) is 0 Å². The predicted molar refractivity (Wildman–Crippen MR) is 46.3 cm³/mol. The van der Waals surface area contributed by atoms with E-state index in [9.17, 15) is 0 Å². The van der Waals surface area contributed by atoms with E-state index in [4.69, 9.17) is 0 Å². The topological polar surface area (TPSA) is 0 Å². The third-order valence-electron chi connectivity index (χ3n) is 2.97. The highest BCUT2D eigenvalue weighted by Crippen LogP contribution is 2.42. The van der Waals surface area contributed by atoms with E-state index in [1.54, 1.807) is 0 Å². The molecular formula is C9H17Si. The molecule has 2 unspecified atom stereocenters. The van der Waals surface area contributed by atoms with Gasteiger partial charge in [-0.15, -0.1) is 0 Å². The van der Waals surface area contributed by atoms with Crippen molar-refractivity contribution in [3.05, 3.63) is 0 Å². The Bertz CT molecular complexity index is 88.9. The average molecular weight is 153 g/mol. The van der Waals surface area contributed by atoms with Gasteiger partial charge in [0.1, 0.15) is 0 Å². The zero-order chi connectivity index (χ0) is 7.56. The SMILES string of the molecule is CCC1CCC(CC)C1[Si]. The van der Waals surface area contributed by atoms with Gasteiger partial charge in [-0.2, -0.15) is 0 Å². The lowest BCUT2D eigenvalue weighted by Gasteiger charge is -2.17. The van der Waals surface area contributed by atoms with Gasteiger partial charge in [-0.3, -0.25) is 0 Å². The zero-order valence-corrected chi connectivity index (χ0v) is 8.06. The van der Waals surface area contributed by atoms with E-state index in [0.717, 1.165) is 17.4 Å². The third kappa shape index (κ3) is 1.44. The largest absolute Gasteiger partial charge is 0.0651 e. The first-order valence-corrected chi connectivity index (χ1v) is 5.08. The molecule has 1 fully saturated rings. The molecule has 0 aromatic rings. The number of hydrogen-bond acceptors (Lipinski definition) is 0. The van der Waals surface area contributed by atoms with E-state index in [1.165, 1.54) is 25.7 Å². The Labute approximate surface area is 67.8 Å². The Kier molecular flexibility index (Phi) is 2.96. The molecule has 0 amide bonds. The molecule has 10 heavy (non-hydrogen) atoms. The number of hydrogen-bond donors (Lipinski definition) is 0. The molecule has 0 aromatic carbocycles. The van der Waals surface area contributed by atoms with Crippen molar-refractivity contribution in [2.45, 2.75) is 45.1 Å². The molecule has 0 aliphatic heterocycles. The van der Waals surface area contributed by atoms with Gasteiger partial charge in [0.15, 0.2) is 0 Å². The van der Waals surface area contributed by atoms with Crippen LogP contribution >= 0.6 is 0 Å². The van der Waals surface area contributed by atoms with Gasteiger partial charge in [-0.1, -0.05) is 39.5 Å². The summed E-state index contributed by atoms with van der Waals surface area (Å²) in [5, 5.41) is 0. The van der Waals surface area contributed by atoms with Gasteiger partial charge < -0.3 is 0 Å². The highest BCUT2D eigenvalue weighted by atomic mass is 28.1. The Morgan fingerprint density at radius 1 is 1.10 bits per heavy atom. The van der Waals surface area contributed by atoms with E-state index in [1.807, 2.05) is 0 Å². The van der Waals surface area contributed by atoms with Gasteiger partial charge in [0.2, 0.25) is 0 Å². The van der Waals surface area contributed by atoms with Crippen LogP contribution in [0, 0.1) is 11.8 Å². The normalized spacial score (nSPS) is 40.5. The van der Waals surface area contributed by atoms with E-state index in [0.29, 0.717) is 0 Å². The molecule has 1 heteroatoms. The van der Waals surface area contributed by atoms with Crippen molar-refractivity contribution in [2.24, 2.45) is 11.8 Å². The summed E-state index contributed by atoms with van der Waals surface area (Å²) in [5.41, 5.74) is 0.815. The van der Waals surface area contributed by atoms with Crippen LogP contribution in [0.5, 0.6) is 0 Å². The second-order valence-electron chi connectivity index (χ2n) is 3.44. The van der Waals surface area contributed by atoms with Gasteiger partial charge >= 0.3 is 0 Å². The van der Waals surface area contributed by atoms with Gasteiger partial charge in [0, 0.05) is 10.2 Å². The molecule has 1 aliphatic rings. The molecule has 3 radical (unpaired) electrons. The minimum Gasteiger partial charge on any atom is -0.0651 e. The van der Waals surface area contributed by atoms with Crippen LogP contribution in [0.2, 0.25) is 5.54 Å². The van der Waals surface area contributed by atoms with E-state index in [2.05, 4.69) is 24.1 Å². The first-order chi connectivity index (χ1) is 4.79. The third-order valence-corrected chi connectivity index (χ3v) is 3.92. The van der Waals surface area contributed by atoms with Crippen molar-refractivity contribution in [3.8, 4) is 0 Å². The molecule has 0 heterocycles. The van der Waals surface area contributed by atoms with Crippen LogP contribution in [0.4, 0.5) is 0 Å². The lowest BCUT2D eigenvalue weighted by molar-refractivity contribution is 0.472. The fourth-order valence-corrected chi connectivity index (χ4v) is 2.89. The molecule has 1 aliphatic carbocycles. The quantitative estimate of drug-likeness (QED) is 0.535. The Balaban J connectivity index is 2.41. The summed E-state index contributed by atoms with van der Waals surface area (Å²) in [6.45, 7) is 4.60.